The molecular weight excluding hydrogens is 264 g/mol. The summed E-state index contributed by atoms with van der Waals surface area (Å²) >= 11 is 0. The fraction of sp³-hybridized carbons (Fsp3) is 0.765. The predicted octanol–water partition coefficient (Wildman–Crippen LogP) is 3.08. The molecule has 0 radical (unpaired) electrons. The van der Waals surface area contributed by atoms with Crippen LogP contribution in [0.15, 0.2) is 12.4 Å². The van der Waals surface area contributed by atoms with Crippen LogP contribution in [0, 0.1) is 17.8 Å². The molecule has 4 aliphatic rings. The van der Waals surface area contributed by atoms with E-state index in [0.29, 0.717) is 0 Å². The fourth-order valence-electron chi connectivity index (χ4n) is 5.70. The van der Waals surface area contributed by atoms with Crippen molar-refractivity contribution in [2.45, 2.75) is 56.9 Å². The van der Waals surface area contributed by atoms with Gasteiger partial charge in [-0.3, -0.25) is 0 Å². The van der Waals surface area contributed by atoms with Crippen molar-refractivity contribution < 1.29 is 9.53 Å². The molecule has 1 aromatic rings. The summed E-state index contributed by atoms with van der Waals surface area (Å²) in [5.41, 5.74) is 0.223. The lowest BCUT2D eigenvalue weighted by Crippen LogP contribution is -2.50. The Bertz CT molecular complexity index is 528. The predicted molar refractivity (Wildman–Crippen MR) is 78.8 cm³/mol. The first kappa shape index (κ1) is 13.4. The zero-order valence-corrected chi connectivity index (χ0v) is 12.9. The molecule has 4 fully saturated rings. The van der Waals surface area contributed by atoms with E-state index in [9.17, 15) is 4.79 Å². The van der Waals surface area contributed by atoms with Crippen LogP contribution in [-0.2, 0) is 14.9 Å². The second kappa shape index (κ2) is 4.59. The van der Waals surface area contributed by atoms with Crippen LogP contribution >= 0.6 is 0 Å². The van der Waals surface area contributed by atoms with E-state index in [1.165, 1.54) is 45.6 Å². The van der Waals surface area contributed by atoms with E-state index in [1.54, 1.807) is 0 Å². The smallest absolute Gasteiger partial charge is 0.328 e. The Morgan fingerprint density at radius 3 is 2.38 bits per heavy atom. The molecule has 0 amide bonds. The van der Waals surface area contributed by atoms with Crippen LogP contribution in [-0.4, -0.2) is 22.6 Å². The first-order chi connectivity index (χ1) is 10.1. The van der Waals surface area contributed by atoms with E-state index < -0.39 is 0 Å². The molecule has 0 N–H and O–H groups in total. The van der Waals surface area contributed by atoms with Gasteiger partial charge in [-0.1, -0.05) is 0 Å². The minimum Gasteiger partial charge on any atom is -0.467 e. The molecule has 4 saturated carbocycles. The maximum atomic E-state index is 11.9. The normalized spacial score (nSPS) is 38.5. The summed E-state index contributed by atoms with van der Waals surface area (Å²) in [4.78, 5) is 16.6. The molecule has 1 unspecified atom stereocenters. The Kier molecular flexibility index (Phi) is 2.92. The van der Waals surface area contributed by atoms with Crippen LogP contribution in [0.3, 0.4) is 0 Å². The highest BCUT2D eigenvalue weighted by Crippen LogP contribution is 2.60. The molecule has 4 bridgehead atoms. The van der Waals surface area contributed by atoms with Gasteiger partial charge < -0.3 is 9.30 Å². The van der Waals surface area contributed by atoms with Crippen molar-refractivity contribution >= 4 is 5.97 Å². The molecule has 114 valence electrons. The molecule has 0 spiro atoms. The van der Waals surface area contributed by atoms with Crippen molar-refractivity contribution in [3.05, 3.63) is 18.2 Å². The molecule has 4 nitrogen and oxygen atoms in total. The quantitative estimate of drug-likeness (QED) is 0.803. The number of aromatic nitrogens is 2. The van der Waals surface area contributed by atoms with Crippen molar-refractivity contribution in [2.24, 2.45) is 17.8 Å². The molecular formula is C17H24N2O2. The Labute approximate surface area is 125 Å². The third-order valence-electron chi connectivity index (χ3n) is 6.14. The van der Waals surface area contributed by atoms with Gasteiger partial charge in [0.1, 0.15) is 11.9 Å². The summed E-state index contributed by atoms with van der Waals surface area (Å²) in [5.74, 6) is 3.61. The van der Waals surface area contributed by atoms with Gasteiger partial charge in [0.05, 0.1) is 7.11 Å². The van der Waals surface area contributed by atoms with E-state index in [-0.39, 0.29) is 17.4 Å². The molecule has 1 heterocycles. The van der Waals surface area contributed by atoms with E-state index in [1.807, 2.05) is 19.3 Å². The monoisotopic (exact) mass is 288 g/mol. The molecule has 0 aromatic carbocycles. The molecule has 0 aliphatic heterocycles. The zero-order chi connectivity index (χ0) is 14.6. The number of rotatable bonds is 3. The number of ether oxygens (including phenoxy) is 1. The molecule has 4 aliphatic carbocycles. The van der Waals surface area contributed by atoms with Gasteiger partial charge in [-0.15, -0.1) is 0 Å². The SMILES string of the molecule is COC(=O)C(C)n1ccnc1C12CC3CC(CC(C3)C1)C2. The summed E-state index contributed by atoms with van der Waals surface area (Å²) in [6, 6.07) is -0.277. The summed E-state index contributed by atoms with van der Waals surface area (Å²) < 4.78 is 6.99. The third kappa shape index (κ3) is 1.95. The molecule has 4 heteroatoms. The van der Waals surface area contributed by atoms with Crippen LogP contribution in [0.4, 0.5) is 0 Å². The van der Waals surface area contributed by atoms with Crippen LogP contribution in [0.5, 0.6) is 0 Å². The van der Waals surface area contributed by atoms with Crippen LogP contribution < -0.4 is 0 Å². The maximum Gasteiger partial charge on any atom is 0.328 e. The first-order valence-electron chi connectivity index (χ1n) is 8.22. The summed E-state index contributed by atoms with van der Waals surface area (Å²) in [7, 11) is 1.46. The summed E-state index contributed by atoms with van der Waals surface area (Å²) in [6.07, 6.45) is 11.9. The van der Waals surface area contributed by atoms with Gasteiger partial charge >= 0.3 is 5.97 Å². The minimum atomic E-state index is -0.277. The van der Waals surface area contributed by atoms with Crippen LogP contribution in [0.1, 0.15) is 57.3 Å². The van der Waals surface area contributed by atoms with E-state index >= 15 is 0 Å². The summed E-state index contributed by atoms with van der Waals surface area (Å²) in [5, 5.41) is 0. The minimum absolute atomic E-state index is 0.182. The van der Waals surface area contributed by atoms with E-state index in [4.69, 9.17) is 9.72 Å². The first-order valence-corrected chi connectivity index (χ1v) is 8.22. The molecule has 1 atom stereocenters. The Morgan fingerprint density at radius 2 is 1.86 bits per heavy atom. The highest BCUT2D eigenvalue weighted by molar-refractivity contribution is 5.73. The summed E-state index contributed by atoms with van der Waals surface area (Å²) in [6.45, 7) is 1.91. The number of carbonyl (C=O) groups excluding carboxylic acids is 1. The number of hydrogen-bond acceptors (Lipinski definition) is 3. The lowest BCUT2D eigenvalue weighted by Gasteiger charge is -2.56. The Hall–Kier alpha value is -1.32. The van der Waals surface area contributed by atoms with Gasteiger partial charge in [-0.2, -0.15) is 0 Å². The van der Waals surface area contributed by atoms with Crippen LogP contribution in [0.25, 0.3) is 0 Å². The van der Waals surface area contributed by atoms with Crippen LogP contribution in [0.2, 0.25) is 0 Å². The van der Waals surface area contributed by atoms with Gasteiger partial charge in [0.2, 0.25) is 0 Å². The van der Waals surface area contributed by atoms with E-state index in [2.05, 4.69) is 4.57 Å². The Balaban J connectivity index is 1.71. The number of esters is 1. The average Bonchev–Trinajstić information content (AvgIpc) is 2.94. The molecule has 1 aromatic heterocycles. The lowest BCUT2D eigenvalue weighted by atomic mass is 9.49. The highest BCUT2D eigenvalue weighted by atomic mass is 16.5. The maximum absolute atomic E-state index is 11.9. The van der Waals surface area contributed by atoms with Gasteiger partial charge in [-0.25, -0.2) is 9.78 Å². The third-order valence-corrected chi connectivity index (χ3v) is 6.14. The van der Waals surface area contributed by atoms with Gasteiger partial charge in [0.25, 0.3) is 0 Å². The number of methoxy groups -OCH3 is 1. The standard InChI is InChI=1S/C17H24N2O2/c1-11(15(20)21-2)19-4-3-18-16(19)17-8-12-5-13(9-17)7-14(6-12)10-17/h3-4,11-14H,5-10H2,1-2H3. The van der Waals surface area contributed by atoms with Crippen molar-refractivity contribution in [1.29, 1.82) is 0 Å². The number of nitrogens with zero attached hydrogens (tertiary/aromatic N) is 2. The molecule has 0 saturated heterocycles. The number of hydrogen-bond donors (Lipinski definition) is 0. The highest BCUT2D eigenvalue weighted by Gasteiger charge is 2.53. The Morgan fingerprint density at radius 1 is 1.29 bits per heavy atom. The second-order valence-electron chi connectivity index (χ2n) is 7.56. The van der Waals surface area contributed by atoms with Crippen molar-refractivity contribution in [2.75, 3.05) is 7.11 Å². The second-order valence-corrected chi connectivity index (χ2v) is 7.56. The largest absolute Gasteiger partial charge is 0.467 e. The molecule has 21 heavy (non-hydrogen) atoms. The molecule has 5 rings (SSSR count). The number of imidazole rings is 1. The fourth-order valence-corrected chi connectivity index (χ4v) is 5.70. The van der Waals surface area contributed by atoms with Gasteiger partial charge in [-0.05, 0) is 63.2 Å². The zero-order valence-electron chi connectivity index (χ0n) is 12.9. The van der Waals surface area contributed by atoms with E-state index in [0.717, 1.165) is 23.6 Å². The van der Waals surface area contributed by atoms with Gasteiger partial charge in [0.15, 0.2) is 0 Å². The van der Waals surface area contributed by atoms with Crippen molar-refractivity contribution in [3.63, 3.8) is 0 Å². The van der Waals surface area contributed by atoms with Gasteiger partial charge in [0, 0.05) is 17.8 Å². The number of carbonyl (C=O) groups is 1. The van der Waals surface area contributed by atoms with Crippen molar-refractivity contribution in [3.8, 4) is 0 Å². The average molecular weight is 288 g/mol. The topological polar surface area (TPSA) is 44.1 Å². The van der Waals surface area contributed by atoms with Crippen molar-refractivity contribution in [1.82, 2.24) is 9.55 Å². The lowest BCUT2D eigenvalue weighted by molar-refractivity contribution is -0.144.